The van der Waals surface area contributed by atoms with Gasteiger partial charge in [-0.2, -0.15) is 0 Å². The number of rotatable bonds is 4. The molecule has 0 bridgehead atoms. The first-order valence-electron chi connectivity index (χ1n) is 7.93. The van der Waals surface area contributed by atoms with Crippen LogP contribution in [0.25, 0.3) is 0 Å². The second-order valence-corrected chi connectivity index (χ2v) is 19.0. The van der Waals surface area contributed by atoms with Crippen LogP contribution in [-0.2, 0) is 14.0 Å². The zero-order valence-corrected chi connectivity index (χ0v) is 18.4. The van der Waals surface area contributed by atoms with E-state index in [1.165, 1.54) is 0 Å². The number of carbonyl (C=O) groups is 2. The van der Waals surface area contributed by atoms with E-state index < -0.39 is 16.6 Å². The molecular formula is C16H35NO3Si2. The van der Waals surface area contributed by atoms with E-state index in [1.54, 1.807) is 11.5 Å². The minimum Gasteiger partial charge on any atom is -0.518 e. The summed E-state index contributed by atoms with van der Waals surface area (Å²) in [7, 11) is -4.23. The third-order valence-electron chi connectivity index (χ3n) is 5.35. The van der Waals surface area contributed by atoms with E-state index in [2.05, 4.69) is 67.7 Å². The van der Waals surface area contributed by atoms with Gasteiger partial charge in [0, 0.05) is 6.92 Å². The lowest BCUT2D eigenvalue weighted by atomic mass is 10.2. The van der Waals surface area contributed by atoms with Crippen LogP contribution < -0.4 is 0 Å². The molecule has 22 heavy (non-hydrogen) atoms. The van der Waals surface area contributed by atoms with Gasteiger partial charge in [0.25, 0.3) is 8.32 Å². The molecule has 6 heteroatoms. The molecule has 0 aliphatic heterocycles. The highest BCUT2D eigenvalue weighted by atomic mass is 28.4. The summed E-state index contributed by atoms with van der Waals surface area (Å²) in [5.74, 6) is -0.314. The molecule has 0 aromatic carbocycles. The molecule has 130 valence electrons. The molecule has 0 heterocycles. The summed E-state index contributed by atoms with van der Waals surface area (Å²) < 4.78 is 7.59. The monoisotopic (exact) mass is 345 g/mol. The van der Waals surface area contributed by atoms with Gasteiger partial charge in [0.05, 0.1) is 0 Å². The van der Waals surface area contributed by atoms with Gasteiger partial charge in [-0.3, -0.25) is 9.59 Å². The fourth-order valence-electron chi connectivity index (χ4n) is 1.71. The Balaban J connectivity index is 5.25. The van der Waals surface area contributed by atoms with Gasteiger partial charge in [-0.1, -0.05) is 54.6 Å². The maximum Gasteiger partial charge on any atom is 0.311 e. The number of amides is 1. The molecule has 1 amide bonds. The van der Waals surface area contributed by atoms with Crippen molar-refractivity contribution in [3.8, 4) is 0 Å². The first-order valence-corrected chi connectivity index (χ1v) is 13.8. The summed E-state index contributed by atoms with van der Waals surface area (Å²) in [6, 6.07) is 0. The maximum atomic E-state index is 12.4. The average Bonchev–Trinajstić information content (AvgIpc) is 2.21. The Hall–Kier alpha value is -0.626. The van der Waals surface area contributed by atoms with Crippen LogP contribution in [0.2, 0.25) is 36.3 Å². The Morgan fingerprint density at radius 2 is 1.32 bits per heavy atom. The Bertz CT molecular complexity index is 432. The maximum absolute atomic E-state index is 12.4. The van der Waals surface area contributed by atoms with Gasteiger partial charge in [0.1, 0.15) is 6.54 Å². The van der Waals surface area contributed by atoms with Crippen molar-refractivity contribution in [1.29, 1.82) is 0 Å². The largest absolute Gasteiger partial charge is 0.518 e. The van der Waals surface area contributed by atoms with Crippen molar-refractivity contribution < 1.29 is 14.0 Å². The first-order chi connectivity index (χ1) is 9.43. The van der Waals surface area contributed by atoms with Crippen molar-refractivity contribution in [2.75, 3.05) is 6.54 Å². The summed E-state index contributed by atoms with van der Waals surface area (Å²) >= 11 is 0. The number of hydrogen-bond acceptors (Lipinski definition) is 3. The van der Waals surface area contributed by atoms with Crippen molar-refractivity contribution in [1.82, 2.24) is 4.57 Å². The second kappa shape index (κ2) is 6.47. The average molecular weight is 346 g/mol. The van der Waals surface area contributed by atoms with Crippen molar-refractivity contribution in [3.63, 3.8) is 0 Å². The minimum atomic E-state index is -2.15. The van der Waals surface area contributed by atoms with E-state index in [-0.39, 0.29) is 28.5 Å². The Kier molecular flexibility index (Phi) is 6.29. The second-order valence-electron chi connectivity index (χ2n) is 9.15. The highest BCUT2D eigenvalue weighted by Crippen LogP contribution is 2.39. The number of nitrogens with zero attached hydrogens (tertiary/aromatic N) is 1. The van der Waals surface area contributed by atoms with Crippen LogP contribution in [-0.4, -0.2) is 39.5 Å². The molecule has 0 fully saturated rings. The van der Waals surface area contributed by atoms with E-state index in [9.17, 15) is 9.59 Å². The van der Waals surface area contributed by atoms with Crippen molar-refractivity contribution >= 4 is 28.4 Å². The van der Waals surface area contributed by atoms with Crippen molar-refractivity contribution in [2.45, 2.75) is 84.7 Å². The first kappa shape index (κ1) is 21.4. The van der Waals surface area contributed by atoms with E-state index in [1.807, 2.05) is 0 Å². The Morgan fingerprint density at radius 3 is 1.59 bits per heavy atom. The van der Waals surface area contributed by atoms with E-state index in [0.717, 1.165) is 0 Å². The third-order valence-corrected chi connectivity index (χ3v) is 15.2. The number of hydrogen-bond donors (Lipinski definition) is 0. The highest BCUT2D eigenvalue weighted by molar-refractivity contribution is 6.79. The van der Waals surface area contributed by atoms with Crippen LogP contribution in [0.3, 0.4) is 0 Å². The smallest absolute Gasteiger partial charge is 0.311 e. The lowest BCUT2D eigenvalue weighted by Gasteiger charge is -2.45. The van der Waals surface area contributed by atoms with Gasteiger partial charge in [0.2, 0.25) is 5.91 Å². The van der Waals surface area contributed by atoms with Crippen LogP contribution in [0.15, 0.2) is 0 Å². The van der Waals surface area contributed by atoms with Crippen LogP contribution in [0.4, 0.5) is 0 Å². The summed E-state index contributed by atoms with van der Waals surface area (Å²) in [6.07, 6.45) is 0. The zero-order valence-electron chi connectivity index (χ0n) is 16.4. The van der Waals surface area contributed by atoms with Crippen molar-refractivity contribution in [2.24, 2.45) is 0 Å². The molecule has 0 aliphatic carbocycles. The Morgan fingerprint density at radius 1 is 0.909 bits per heavy atom. The van der Waals surface area contributed by atoms with Crippen LogP contribution in [0.1, 0.15) is 48.5 Å². The molecule has 0 atom stereocenters. The molecule has 0 saturated heterocycles. The molecule has 4 nitrogen and oxygen atoms in total. The highest BCUT2D eigenvalue weighted by Gasteiger charge is 2.45. The Labute approximate surface area is 138 Å². The lowest BCUT2D eigenvalue weighted by molar-refractivity contribution is -0.139. The molecule has 0 aromatic rings. The minimum absolute atomic E-state index is 0.00404. The molecular weight excluding hydrogens is 310 g/mol. The van der Waals surface area contributed by atoms with Gasteiger partial charge >= 0.3 is 5.97 Å². The quantitative estimate of drug-likeness (QED) is 0.710. The molecule has 0 spiro atoms. The molecule has 0 aliphatic rings. The summed E-state index contributed by atoms with van der Waals surface area (Å²) in [6.45, 7) is 22.7. The number of carbonyl (C=O) groups excluding carboxylic acids is 2. The van der Waals surface area contributed by atoms with Gasteiger partial charge in [0.15, 0.2) is 8.24 Å². The molecule has 0 N–H and O–H groups in total. The van der Waals surface area contributed by atoms with Crippen LogP contribution in [0.5, 0.6) is 0 Å². The van der Waals surface area contributed by atoms with Crippen LogP contribution >= 0.6 is 0 Å². The summed E-state index contributed by atoms with van der Waals surface area (Å²) in [5, 5.41) is -0.0311. The molecule has 0 unspecified atom stereocenters. The standard InChI is InChI=1S/C16H35NO3Si2/c1-13(18)17(21(8,9)15(2,3)4)12-14(19)20-22(10,11)16(5,6)7/h12H2,1-11H3. The zero-order chi connectivity index (χ0) is 18.1. The molecule has 0 saturated carbocycles. The fraction of sp³-hybridized carbons (Fsp3) is 0.875. The topological polar surface area (TPSA) is 46.6 Å². The van der Waals surface area contributed by atoms with Gasteiger partial charge in [-0.25, -0.2) is 0 Å². The molecule has 0 aromatic heterocycles. The normalized spacial score (nSPS) is 13.8. The van der Waals surface area contributed by atoms with Gasteiger partial charge in [-0.15, -0.1) is 0 Å². The van der Waals surface area contributed by atoms with E-state index in [4.69, 9.17) is 4.43 Å². The molecule has 0 rings (SSSR count). The molecule has 0 radical (unpaired) electrons. The third kappa shape index (κ3) is 4.94. The van der Waals surface area contributed by atoms with Crippen LogP contribution in [0, 0.1) is 0 Å². The van der Waals surface area contributed by atoms with E-state index in [0.29, 0.717) is 0 Å². The predicted octanol–water partition coefficient (Wildman–Crippen LogP) is 4.39. The van der Waals surface area contributed by atoms with Gasteiger partial charge < -0.3 is 8.99 Å². The van der Waals surface area contributed by atoms with Gasteiger partial charge in [-0.05, 0) is 23.2 Å². The summed E-state index contributed by atoms with van der Waals surface area (Å²) in [5.41, 5.74) is 0. The SMILES string of the molecule is CC(=O)N(CC(=O)O[Si](C)(C)C(C)(C)C)[Si](C)(C)C(C)(C)C. The lowest BCUT2D eigenvalue weighted by Crippen LogP contribution is -2.59. The van der Waals surface area contributed by atoms with E-state index >= 15 is 0 Å². The fourth-order valence-corrected chi connectivity index (χ4v) is 4.77. The predicted molar refractivity (Wildman–Crippen MR) is 97.9 cm³/mol. The summed E-state index contributed by atoms with van der Waals surface area (Å²) in [4.78, 5) is 24.5. The van der Waals surface area contributed by atoms with Crippen molar-refractivity contribution in [3.05, 3.63) is 0 Å².